The molecule has 0 saturated carbocycles. The highest BCUT2D eigenvalue weighted by Gasteiger charge is 2.23. The van der Waals surface area contributed by atoms with Gasteiger partial charge in [0, 0.05) is 0 Å². The van der Waals surface area contributed by atoms with Crippen molar-refractivity contribution in [2.45, 2.75) is 59.1 Å². The SMILES string of the molecule is CCCCOc1ccc(C(=O)O)cc1OC(=O)C(C)NC(=O)OC(C)(C)C. The minimum atomic E-state index is -1.16. The Morgan fingerprint density at radius 2 is 1.85 bits per heavy atom. The van der Waals surface area contributed by atoms with E-state index >= 15 is 0 Å². The molecular weight excluding hydrogens is 354 g/mol. The number of carboxylic acid groups (broad SMARTS) is 1. The molecule has 0 aliphatic carbocycles. The Morgan fingerprint density at radius 1 is 1.19 bits per heavy atom. The Bertz CT molecular complexity index is 679. The fourth-order valence-electron chi connectivity index (χ4n) is 1.91. The lowest BCUT2D eigenvalue weighted by Crippen LogP contribution is -2.43. The van der Waals surface area contributed by atoms with Crippen LogP contribution in [0.25, 0.3) is 0 Å². The third-order valence-corrected chi connectivity index (χ3v) is 3.24. The van der Waals surface area contributed by atoms with Crippen LogP contribution in [0.5, 0.6) is 11.5 Å². The number of aromatic carboxylic acids is 1. The van der Waals surface area contributed by atoms with Gasteiger partial charge in [0.25, 0.3) is 0 Å². The van der Waals surface area contributed by atoms with E-state index in [-0.39, 0.29) is 17.1 Å². The van der Waals surface area contributed by atoms with Crippen LogP contribution in [0.2, 0.25) is 0 Å². The molecule has 0 fully saturated rings. The van der Waals surface area contributed by atoms with Gasteiger partial charge in [-0.2, -0.15) is 0 Å². The molecule has 0 aliphatic heterocycles. The van der Waals surface area contributed by atoms with Gasteiger partial charge >= 0.3 is 18.0 Å². The van der Waals surface area contributed by atoms with Crippen LogP contribution in [0, 0.1) is 0 Å². The summed E-state index contributed by atoms with van der Waals surface area (Å²) in [6.45, 7) is 8.94. The Labute approximate surface area is 158 Å². The number of hydrogen-bond donors (Lipinski definition) is 2. The number of carboxylic acids is 1. The second-order valence-electron chi connectivity index (χ2n) is 6.96. The summed E-state index contributed by atoms with van der Waals surface area (Å²) >= 11 is 0. The molecule has 8 nitrogen and oxygen atoms in total. The Morgan fingerprint density at radius 3 is 2.41 bits per heavy atom. The first-order chi connectivity index (χ1) is 12.5. The zero-order valence-corrected chi connectivity index (χ0v) is 16.3. The largest absolute Gasteiger partial charge is 0.490 e. The average molecular weight is 381 g/mol. The van der Waals surface area contributed by atoms with Crippen molar-refractivity contribution in [3.05, 3.63) is 23.8 Å². The Hall–Kier alpha value is -2.77. The molecule has 8 heteroatoms. The number of benzene rings is 1. The number of hydrogen-bond acceptors (Lipinski definition) is 6. The summed E-state index contributed by atoms with van der Waals surface area (Å²) < 4.78 is 15.9. The van der Waals surface area contributed by atoms with Crippen LogP contribution in [-0.4, -0.2) is 41.4 Å². The van der Waals surface area contributed by atoms with E-state index in [0.717, 1.165) is 12.8 Å². The third kappa shape index (κ3) is 7.98. The van der Waals surface area contributed by atoms with E-state index in [1.807, 2.05) is 6.92 Å². The first-order valence-corrected chi connectivity index (χ1v) is 8.75. The molecule has 1 atom stereocenters. The molecular formula is C19H27NO7. The molecule has 1 aromatic carbocycles. The molecule has 1 amide bonds. The maximum Gasteiger partial charge on any atom is 0.408 e. The van der Waals surface area contributed by atoms with Crippen LogP contribution in [0.15, 0.2) is 18.2 Å². The predicted molar refractivity (Wildman–Crippen MR) is 98.3 cm³/mol. The maximum absolute atomic E-state index is 12.3. The number of amides is 1. The minimum absolute atomic E-state index is 0.0196. The fourth-order valence-corrected chi connectivity index (χ4v) is 1.91. The molecule has 0 saturated heterocycles. The molecule has 1 aromatic rings. The average Bonchev–Trinajstić information content (AvgIpc) is 2.54. The summed E-state index contributed by atoms with van der Waals surface area (Å²) in [4.78, 5) is 35.2. The fraction of sp³-hybridized carbons (Fsp3) is 0.526. The standard InChI is InChI=1S/C19H27NO7/c1-6-7-10-25-14-9-8-13(16(21)22)11-15(14)26-17(23)12(2)20-18(24)27-19(3,4)5/h8-9,11-12H,6-7,10H2,1-5H3,(H,20,24)(H,21,22). The summed E-state index contributed by atoms with van der Waals surface area (Å²) in [5, 5.41) is 11.5. The number of esters is 1. The van der Waals surface area contributed by atoms with Crippen molar-refractivity contribution in [2.75, 3.05) is 6.61 Å². The van der Waals surface area contributed by atoms with Gasteiger partial charge in [0.05, 0.1) is 12.2 Å². The molecule has 150 valence electrons. The molecule has 0 bridgehead atoms. The lowest BCUT2D eigenvalue weighted by molar-refractivity contribution is -0.136. The molecule has 0 aromatic heterocycles. The van der Waals surface area contributed by atoms with Crippen LogP contribution >= 0.6 is 0 Å². The number of ether oxygens (including phenoxy) is 3. The van der Waals surface area contributed by atoms with Crippen molar-refractivity contribution in [3.63, 3.8) is 0 Å². The first kappa shape index (κ1) is 22.3. The van der Waals surface area contributed by atoms with Crippen LogP contribution < -0.4 is 14.8 Å². The lowest BCUT2D eigenvalue weighted by Gasteiger charge is -2.21. The highest BCUT2D eigenvalue weighted by atomic mass is 16.6. The molecule has 0 radical (unpaired) electrons. The zero-order chi connectivity index (χ0) is 20.6. The minimum Gasteiger partial charge on any atom is -0.490 e. The van der Waals surface area contributed by atoms with E-state index in [9.17, 15) is 14.4 Å². The molecule has 0 heterocycles. The van der Waals surface area contributed by atoms with Crippen LogP contribution in [0.3, 0.4) is 0 Å². The number of carbonyl (C=O) groups excluding carboxylic acids is 2. The highest BCUT2D eigenvalue weighted by molar-refractivity contribution is 5.89. The van der Waals surface area contributed by atoms with Crippen molar-refractivity contribution in [3.8, 4) is 11.5 Å². The topological polar surface area (TPSA) is 111 Å². The molecule has 27 heavy (non-hydrogen) atoms. The molecule has 1 unspecified atom stereocenters. The lowest BCUT2D eigenvalue weighted by atomic mass is 10.2. The number of unbranched alkanes of at least 4 members (excludes halogenated alkanes) is 1. The van der Waals surface area contributed by atoms with E-state index in [1.54, 1.807) is 20.8 Å². The number of nitrogens with one attached hydrogen (secondary N) is 1. The van der Waals surface area contributed by atoms with Gasteiger partial charge in [-0.05, 0) is 52.3 Å². The van der Waals surface area contributed by atoms with Crippen LogP contribution in [0.4, 0.5) is 4.79 Å². The summed E-state index contributed by atoms with van der Waals surface area (Å²) in [6, 6.07) is 3.01. The van der Waals surface area contributed by atoms with Crippen molar-refractivity contribution in [1.29, 1.82) is 0 Å². The summed E-state index contributed by atoms with van der Waals surface area (Å²) in [5.41, 5.74) is -0.752. The zero-order valence-electron chi connectivity index (χ0n) is 16.3. The number of rotatable bonds is 8. The Kier molecular flexibility index (Phi) is 8.08. The van der Waals surface area contributed by atoms with Gasteiger partial charge in [0.15, 0.2) is 11.5 Å². The smallest absolute Gasteiger partial charge is 0.408 e. The molecule has 0 aliphatic rings. The monoisotopic (exact) mass is 381 g/mol. The van der Waals surface area contributed by atoms with Crippen molar-refractivity contribution >= 4 is 18.0 Å². The molecule has 0 spiro atoms. The van der Waals surface area contributed by atoms with Gasteiger partial charge in [-0.1, -0.05) is 13.3 Å². The highest BCUT2D eigenvalue weighted by Crippen LogP contribution is 2.29. The van der Waals surface area contributed by atoms with E-state index < -0.39 is 29.7 Å². The van der Waals surface area contributed by atoms with Crippen molar-refractivity contribution in [2.24, 2.45) is 0 Å². The van der Waals surface area contributed by atoms with Gasteiger partial charge in [0.1, 0.15) is 11.6 Å². The second kappa shape index (κ2) is 9.80. The van der Waals surface area contributed by atoms with Gasteiger partial charge in [-0.3, -0.25) is 0 Å². The third-order valence-electron chi connectivity index (χ3n) is 3.24. The maximum atomic E-state index is 12.3. The van der Waals surface area contributed by atoms with E-state index in [4.69, 9.17) is 19.3 Å². The normalized spacial score (nSPS) is 12.0. The van der Waals surface area contributed by atoms with E-state index in [0.29, 0.717) is 6.61 Å². The quantitative estimate of drug-likeness (QED) is 0.403. The molecule has 2 N–H and O–H groups in total. The van der Waals surface area contributed by atoms with E-state index in [1.165, 1.54) is 25.1 Å². The summed E-state index contributed by atoms with van der Waals surface area (Å²) in [5.74, 6) is -1.70. The van der Waals surface area contributed by atoms with Crippen LogP contribution in [0.1, 0.15) is 57.8 Å². The number of carbonyl (C=O) groups is 3. The van der Waals surface area contributed by atoms with Crippen LogP contribution in [-0.2, 0) is 9.53 Å². The van der Waals surface area contributed by atoms with Gasteiger partial charge < -0.3 is 24.6 Å². The predicted octanol–water partition coefficient (Wildman–Crippen LogP) is 3.38. The van der Waals surface area contributed by atoms with Crippen molar-refractivity contribution < 1.29 is 33.7 Å². The van der Waals surface area contributed by atoms with Crippen molar-refractivity contribution in [1.82, 2.24) is 5.32 Å². The van der Waals surface area contributed by atoms with Gasteiger partial charge in [0.2, 0.25) is 0 Å². The summed E-state index contributed by atoms with van der Waals surface area (Å²) in [6.07, 6.45) is 0.953. The summed E-state index contributed by atoms with van der Waals surface area (Å²) in [7, 11) is 0. The Balaban J connectivity index is 2.86. The second-order valence-corrected chi connectivity index (χ2v) is 6.96. The van der Waals surface area contributed by atoms with Gasteiger partial charge in [-0.25, -0.2) is 14.4 Å². The molecule has 1 rings (SSSR count). The first-order valence-electron chi connectivity index (χ1n) is 8.75. The van der Waals surface area contributed by atoms with Gasteiger partial charge in [-0.15, -0.1) is 0 Å². The van der Waals surface area contributed by atoms with E-state index in [2.05, 4.69) is 5.32 Å². The number of alkyl carbamates (subject to hydrolysis) is 1.